The second-order valence-corrected chi connectivity index (χ2v) is 4.50. The lowest BCUT2D eigenvalue weighted by Gasteiger charge is -2.06. The number of para-hydroxylation sites is 1. The number of hydrogen-bond donors (Lipinski definition) is 1. The average molecular weight is 244 g/mol. The standard InChI is InChI=1S/C14H20N4/c1-2-3-5-10-13(15)14-11-16-18(17-14)12-8-6-4-7-9-12/h4,6-9,11,13H,2-3,5,10,15H2,1H3. The van der Waals surface area contributed by atoms with Gasteiger partial charge in [-0.25, -0.2) is 0 Å². The zero-order valence-corrected chi connectivity index (χ0v) is 10.8. The van der Waals surface area contributed by atoms with Gasteiger partial charge in [-0.2, -0.15) is 15.0 Å². The van der Waals surface area contributed by atoms with Gasteiger partial charge in [-0.15, -0.1) is 0 Å². The fourth-order valence-corrected chi connectivity index (χ4v) is 1.89. The predicted octanol–water partition coefficient (Wildman–Crippen LogP) is 2.85. The van der Waals surface area contributed by atoms with Gasteiger partial charge in [-0.05, 0) is 18.6 Å². The van der Waals surface area contributed by atoms with Crippen molar-refractivity contribution in [3.8, 4) is 5.69 Å². The van der Waals surface area contributed by atoms with Gasteiger partial charge in [0, 0.05) is 0 Å². The van der Waals surface area contributed by atoms with Crippen molar-refractivity contribution in [2.75, 3.05) is 0 Å². The van der Waals surface area contributed by atoms with Crippen molar-refractivity contribution < 1.29 is 0 Å². The van der Waals surface area contributed by atoms with Crippen molar-refractivity contribution in [1.82, 2.24) is 15.0 Å². The molecule has 0 saturated heterocycles. The van der Waals surface area contributed by atoms with Crippen LogP contribution in [-0.2, 0) is 0 Å². The van der Waals surface area contributed by atoms with E-state index in [1.165, 1.54) is 12.8 Å². The van der Waals surface area contributed by atoms with Crippen molar-refractivity contribution in [3.05, 3.63) is 42.2 Å². The van der Waals surface area contributed by atoms with Gasteiger partial charge in [0.25, 0.3) is 0 Å². The van der Waals surface area contributed by atoms with E-state index in [9.17, 15) is 0 Å². The maximum Gasteiger partial charge on any atom is 0.0998 e. The first-order chi connectivity index (χ1) is 8.81. The largest absolute Gasteiger partial charge is 0.323 e. The molecular weight excluding hydrogens is 224 g/mol. The van der Waals surface area contributed by atoms with Crippen LogP contribution in [-0.4, -0.2) is 15.0 Å². The minimum atomic E-state index is -0.00554. The van der Waals surface area contributed by atoms with E-state index in [1.807, 2.05) is 30.3 Å². The quantitative estimate of drug-likeness (QED) is 0.795. The SMILES string of the molecule is CCCCCC(N)c1cnn(-c2ccccc2)n1. The molecule has 4 heteroatoms. The first kappa shape index (κ1) is 12.8. The molecule has 4 nitrogen and oxygen atoms in total. The van der Waals surface area contributed by atoms with Crippen LogP contribution >= 0.6 is 0 Å². The van der Waals surface area contributed by atoms with Gasteiger partial charge in [-0.1, -0.05) is 44.4 Å². The maximum atomic E-state index is 6.11. The number of nitrogens with two attached hydrogens (primary N) is 1. The zero-order valence-electron chi connectivity index (χ0n) is 10.8. The summed E-state index contributed by atoms with van der Waals surface area (Å²) in [5.74, 6) is 0. The summed E-state index contributed by atoms with van der Waals surface area (Å²) in [6.45, 7) is 2.19. The number of hydrogen-bond acceptors (Lipinski definition) is 3. The lowest BCUT2D eigenvalue weighted by atomic mass is 10.1. The van der Waals surface area contributed by atoms with Crippen LogP contribution < -0.4 is 5.73 Å². The molecular formula is C14H20N4. The van der Waals surface area contributed by atoms with E-state index in [1.54, 1.807) is 11.0 Å². The Morgan fingerprint density at radius 3 is 2.72 bits per heavy atom. The molecule has 2 aromatic rings. The molecule has 0 saturated carbocycles. The molecule has 18 heavy (non-hydrogen) atoms. The zero-order chi connectivity index (χ0) is 12.8. The van der Waals surface area contributed by atoms with E-state index in [-0.39, 0.29) is 6.04 Å². The molecule has 1 aromatic carbocycles. The van der Waals surface area contributed by atoms with E-state index in [4.69, 9.17) is 5.73 Å². The van der Waals surface area contributed by atoms with Gasteiger partial charge in [0.15, 0.2) is 0 Å². The molecule has 0 aliphatic carbocycles. The summed E-state index contributed by atoms with van der Waals surface area (Å²) in [7, 11) is 0. The highest BCUT2D eigenvalue weighted by molar-refractivity contribution is 5.28. The van der Waals surface area contributed by atoms with Gasteiger partial charge in [0.05, 0.1) is 23.6 Å². The van der Waals surface area contributed by atoms with Gasteiger partial charge in [-0.3, -0.25) is 0 Å². The number of aromatic nitrogens is 3. The monoisotopic (exact) mass is 244 g/mol. The summed E-state index contributed by atoms with van der Waals surface area (Å²) in [6, 6.07) is 9.87. The molecule has 1 unspecified atom stereocenters. The number of rotatable bonds is 6. The summed E-state index contributed by atoms with van der Waals surface area (Å²) in [5, 5.41) is 8.70. The molecule has 0 spiro atoms. The van der Waals surface area contributed by atoms with Crippen LogP contribution in [0.2, 0.25) is 0 Å². The molecule has 2 rings (SSSR count). The van der Waals surface area contributed by atoms with Crippen LogP contribution in [0.5, 0.6) is 0 Å². The highest BCUT2D eigenvalue weighted by Crippen LogP contribution is 2.15. The average Bonchev–Trinajstić information content (AvgIpc) is 2.89. The normalized spacial score (nSPS) is 12.6. The fourth-order valence-electron chi connectivity index (χ4n) is 1.89. The molecule has 0 aliphatic rings. The molecule has 1 heterocycles. The molecule has 1 atom stereocenters. The summed E-state index contributed by atoms with van der Waals surface area (Å²) < 4.78 is 0. The van der Waals surface area contributed by atoms with Crippen molar-refractivity contribution >= 4 is 0 Å². The first-order valence-electron chi connectivity index (χ1n) is 6.54. The van der Waals surface area contributed by atoms with Gasteiger partial charge < -0.3 is 5.73 Å². The first-order valence-corrected chi connectivity index (χ1v) is 6.54. The molecule has 0 amide bonds. The summed E-state index contributed by atoms with van der Waals surface area (Å²) in [5.41, 5.74) is 7.94. The van der Waals surface area contributed by atoms with E-state index < -0.39 is 0 Å². The number of unbranched alkanes of at least 4 members (excludes halogenated alkanes) is 2. The molecule has 0 radical (unpaired) electrons. The van der Waals surface area contributed by atoms with Crippen molar-refractivity contribution in [2.45, 2.75) is 38.6 Å². The molecule has 96 valence electrons. The third-order valence-electron chi connectivity index (χ3n) is 3.00. The topological polar surface area (TPSA) is 56.7 Å². The van der Waals surface area contributed by atoms with Gasteiger partial charge in [0.1, 0.15) is 0 Å². The number of benzene rings is 1. The third kappa shape index (κ3) is 3.17. The van der Waals surface area contributed by atoms with E-state index in [2.05, 4.69) is 17.1 Å². The second kappa shape index (κ2) is 6.31. The van der Waals surface area contributed by atoms with Crippen LogP contribution in [0, 0.1) is 0 Å². The Kier molecular flexibility index (Phi) is 4.47. The fraction of sp³-hybridized carbons (Fsp3) is 0.429. The van der Waals surface area contributed by atoms with E-state index in [0.29, 0.717) is 0 Å². The minimum Gasteiger partial charge on any atom is -0.323 e. The van der Waals surface area contributed by atoms with Gasteiger partial charge >= 0.3 is 0 Å². The minimum absolute atomic E-state index is 0.00554. The van der Waals surface area contributed by atoms with E-state index >= 15 is 0 Å². The molecule has 2 N–H and O–H groups in total. The number of nitrogens with zero attached hydrogens (tertiary/aromatic N) is 3. The van der Waals surface area contributed by atoms with Gasteiger partial charge in [0.2, 0.25) is 0 Å². The summed E-state index contributed by atoms with van der Waals surface area (Å²) >= 11 is 0. The Hall–Kier alpha value is -1.68. The smallest absolute Gasteiger partial charge is 0.0998 e. The molecule has 1 aromatic heterocycles. The second-order valence-electron chi connectivity index (χ2n) is 4.50. The molecule has 0 fully saturated rings. The predicted molar refractivity (Wildman–Crippen MR) is 72.4 cm³/mol. The van der Waals surface area contributed by atoms with Crippen LogP contribution in [0.3, 0.4) is 0 Å². The Bertz CT molecular complexity index is 464. The molecule has 0 aliphatic heterocycles. The summed E-state index contributed by atoms with van der Waals surface area (Å²) in [4.78, 5) is 1.63. The lowest BCUT2D eigenvalue weighted by molar-refractivity contribution is 0.565. The van der Waals surface area contributed by atoms with Crippen LogP contribution in [0.4, 0.5) is 0 Å². The lowest BCUT2D eigenvalue weighted by Crippen LogP contribution is -2.11. The molecule has 0 bridgehead atoms. The Balaban J connectivity index is 2.02. The van der Waals surface area contributed by atoms with Crippen molar-refractivity contribution in [2.24, 2.45) is 5.73 Å². The van der Waals surface area contributed by atoms with Crippen molar-refractivity contribution in [1.29, 1.82) is 0 Å². The highest BCUT2D eigenvalue weighted by atomic mass is 15.5. The van der Waals surface area contributed by atoms with Crippen LogP contribution in [0.25, 0.3) is 5.69 Å². The van der Waals surface area contributed by atoms with Crippen molar-refractivity contribution in [3.63, 3.8) is 0 Å². The van der Waals surface area contributed by atoms with Crippen LogP contribution in [0.15, 0.2) is 36.5 Å². The summed E-state index contributed by atoms with van der Waals surface area (Å²) in [6.07, 6.45) is 6.32. The Morgan fingerprint density at radius 1 is 1.22 bits per heavy atom. The Morgan fingerprint density at radius 2 is 2.00 bits per heavy atom. The Labute approximate surface area is 108 Å². The van der Waals surface area contributed by atoms with E-state index in [0.717, 1.165) is 24.2 Å². The highest BCUT2D eigenvalue weighted by Gasteiger charge is 2.10. The maximum absolute atomic E-state index is 6.11. The van der Waals surface area contributed by atoms with Crippen LogP contribution in [0.1, 0.15) is 44.3 Å². The third-order valence-corrected chi connectivity index (χ3v) is 3.00.